The van der Waals surface area contributed by atoms with Gasteiger partial charge in [-0.1, -0.05) is 23.5 Å². The number of aromatic nitrogens is 1. The molecular weight excluding hydrogens is 294 g/mol. The fourth-order valence-electron chi connectivity index (χ4n) is 2.08. The van der Waals surface area contributed by atoms with Gasteiger partial charge in [0.2, 0.25) is 5.13 Å². The molecule has 0 aliphatic heterocycles. The molecule has 3 aromatic rings. The largest absolute Gasteiger partial charge is 0.494 e. The lowest BCUT2D eigenvalue weighted by Gasteiger charge is -2.04. The molecular formula is C17H17N3OS. The van der Waals surface area contributed by atoms with Crippen molar-refractivity contribution in [3.63, 3.8) is 0 Å². The normalized spacial score (nSPS) is 11.6. The lowest BCUT2D eigenvalue weighted by Crippen LogP contribution is -2.00. The zero-order chi connectivity index (χ0) is 15.4. The molecule has 1 aromatic heterocycles. The van der Waals surface area contributed by atoms with Crippen LogP contribution in [0.25, 0.3) is 10.2 Å². The maximum Gasteiger partial charge on any atom is 0.204 e. The highest BCUT2D eigenvalue weighted by Gasteiger charge is 2.03. The van der Waals surface area contributed by atoms with E-state index in [1.807, 2.05) is 56.3 Å². The van der Waals surface area contributed by atoms with E-state index in [2.05, 4.69) is 21.6 Å². The minimum absolute atomic E-state index is 0.672. The third-order valence-electron chi connectivity index (χ3n) is 3.20. The molecule has 0 aliphatic rings. The van der Waals surface area contributed by atoms with Crippen LogP contribution in [0.1, 0.15) is 19.4 Å². The summed E-state index contributed by atoms with van der Waals surface area (Å²) in [7, 11) is 0. The van der Waals surface area contributed by atoms with Gasteiger partial charge in [-0.05, 0) is 55.8 Å². The van der Waals surface area contributed by atoms with E-state index in [1.165, 1.54) is 0 Å². The first-order valence-corrected chi connectivity index (χ1v) is 7.97. The van der Waals surface area contributed by atoms with Crippen molar-refractivity contribution in [3.05, 3.63) is 54.1 Å². The Hall–Kier alpha value is -2.40. The van der Waals surface area contributed by atoms with Crippen molar-refractivity contribution in [2.45, 2.75) is 13.8 Å². The summed E-state index contributed by atoms with van der Waals surface area (Å²) in [5.74, 6) is 0.873. The van der Waals surface area contributed by atoms with Crippen LogP contribution in [0.3, 0.4) is 0 Å². The second-order valence-corrected chi connectivity index (χ2v) is 5.78. The number of benzene rings is 2. The molecule has 0 unspecified atom stereocenters. The third kappa shape index (κ3) is 3.26. The SMILES string of the molecule is CCOc1ccc(/C(C)=N/Nc2nc3ccccc3s2)cc1. The summed E-state index contributed by atoms with van der Waals surface area (Å²) in [5.41, 5.74) is 5.98. The summed E-state index contributed by atoms with van der Waals surface area (Å²) in [4.78, 5) is 4.50. The molecule has 0 fully saturated rings. The Balaban J connectivity index is 1.73. The molecule has 112 valence electrons. The van der Waals surface area contributed by atoms with E-state index in [0.717, 1.165) is 32.4 Å². The maximum absolute atomic E-state index is 5.44. The van der Waals surface area contributed by atoms with Crippen LogP contribution in [0.5, 0.6) is 5.75 Å². The van der Waals surface area contributed by atoms with Crippen LogP contribution in [-0.4, -0.2) is 17.3 Å². The Morgan fingerprint density at radius 1 is 1.18 bits per heavy atom. The molecule has 1 N–H and O–H groups in total. The molecule has 0 saturated carbocycles. The van der Waals surface area contributed by atoms with Crippen molar-refractivity contribution in [2.24, 2.45) is 5.10 Å². The smallest absolute Gasteiger partial charge is 0.204 e. The second kappa shape index (κ2) is 6.58. The molecule has 2 aromatic carbocycles. The van der Waals surface area contributed by atoms with E-state index in [0.29, 0.717) is 6.61 Å². The number of ether oxygens (including phenoxy) is 1. The van der Waals surface area contributed by atoms with Crippen molar-refractivity contribution in [3.8, 4) is 5.75 Å². The summed E-state index contributed by atoms with van der Waals surface area (Å²) in [6, 6.07) is 16.0. The third-order valence-corrected chi connectivity index (χ3v) is 4.14. The van der Waals surface area contributed by atoms with Gasteiger partial charge in [0.1, 0.15) is 5.75 Å². The molecule has 0 atom stereocenters. The molecule has 0 radical (unpaired) electrons. The Morgan fingerprint density at radius 3 is 2.68 bits per heavy atom. The van der Waals surface area contributed by atoms with Gasteiger partial charge in [-0.25, -0.2) is 4.98 Å². The van der Waals surface area contributed by atoms with Gasteiger partial charge in [-0.15, -0.1) is 0 Å². The first-order valence-electron chi connectivity index (χ1n) is 7.15. The van der Waals surface area contributed by atoms with Crippen LogP contribution in [0.15, 0.2) is 53.6 Å². The van der Waals surface area contributed by atoms with Gasteiger partial charge in [0.25, 0.3) is 0 Å². The summed E-state index contributed by atoms with van der Waals surface area (Å²) < 4.78 is 6.59. The number of rotatable bonds is 5. The molecule has 1 heterocycles. The van der Waals surface area contributed by atoms with Crippen LogP contribution in [-0.2, 0) is 0 Å². The fraction of sp³-hybridized carbons (Fsp3) is 0.176. The molecule has 22 heavy (non-hydrogen) atoms. The van der Waals surface area contributed by atoms with Crippen LogP contribution >= 0.6 is 11.3 Å². The van der Waals surface area contributed by atoms with Crippen LogP contribution in [0, 0.1) is 0 Å². The zero-order valence-corrected chi connectivity index (χ0v) is 13.4. The highest BCUT2D eigenvalue weighted by atomic mass is 32.1. The first-order chi connectivity index (χ1) is 10.8. The standard InChI is InChI=1S/C17H17N3OS/c1-3-21-14-10-8-13(9-11-14)12(2)19-20-17-18-15-6-4-5-7-16(15)22-17/h4-11H,3H2,1-2H3,(H,18,20)/b19-12+. The lowest BCUT2D eigenvalue weighted by atomic mass is 10.1. The first kappa shape index (κ1) is 14.5. The number of hydrazone groups is 1. The van der Waals surface area contributed by atoms with Gasteiger partial charge in [-0.2, -0.15) is 5.10 Å². The Labute approximate surface area is 133 Å². The average molecular weight is 311 g/mol. The molecule has 0 bridgehead atoms. The molecule has 0 aliphatic carbocycles. The van der Waals surface area contributed by atoms with Crippen molar-refractivity contribution >= 4 is 32.4 Å². The minimum atomic E-state index is 0.672. The van der Waals surface area contributed by atoms with E-state index in [-0.39, 0.29) is 0 Å². The average Bonchev–Trinajstić information content (AvgIpc) is 2.96. The van der Waals surface area contributed by atoms with Crippen LogP contribution in [0.2, 0.25) is 0 Å². The van der Waals surface area contributed by atoms with Gasteiger partial charge in [-0.3, -0.25) is 5.43 Å². The van der Waals surface area contributed by atoms with E-state index in [1.54, 1.807) is 11.3 Å². The molecule has 5 heteroatoms. The fourth-order valence-corrected chi connectivity index (χ4v) is 2.88. The highest BCUT2D eigenvalue weighted by Crippen LogP contribution is 2.25. The molecule has 3 rings (SSSR count). The summed E-state index contributed by atoms with van der Waals surface area (Å²) in [6.07, 6.45) is 0. The zero-order valence-electron chi connectivity index (χ0n) is 12.5. The maximum atomic E-state index is 5.44. The monoisotopic (exact) mass is 311 g/mol. The number of nitrogens with zero attached hydrogens (tertiary/aromatic N) is 2. The number of anilines is 1. The quantitative estimate of drug-likeness (QED) is 0.556. The van der Waals surface area contributed by atoms with Crippen molar-refractivity contribution < 1.29 is 4.74 Å². The second-order valence-electron chi connectivity index (χ2n) is 4.75. The topological polar surface area (TPSA) is 46.5 Å². The lowest BCUT2D eigenvalue weighted by molar-refractivity contribution is 0.340. The number of hydrogen-bond acceptors (Lipinski definition) is 5. The molecule has 0 saturated heterocycles. The number of fused-ring (bicyclic) bond motifs is 1. The van der Waals surface area contributed by atoms with E-state index in [4.69, 9.17) is 4.74 Å². The van der Waals surface area contributed by atoms with Gasteiger partial charge in [0, 0.05) is 0 Å². The van der Waals surface area contributed by atoms with E-state index in [9.17, 15) is 0 Å². The Kier molecular flexibility index (Phi) is 4.34. The van der Waals surface area contributed by atoms with Crippen molar-refractivity contribution in [1.82, 2.24) is 4.98 Å². The van der Waals surface area contributed by atoms with Crippen LogP contribution < -0.4 is 10.2 Å². The summed E-state index contributed by atoms with van der Waals surface area (Å²) >= 11 is 1.59. The number of nitrogens with one attached hydrogen (secondary N) is 1. The molecule has 4 nitrogen and oxygen atoms in total. The number of hydrogen-bond donors (Lipinski definition) is 1. The predicted octanol–water partition coefficient (Wildman–Crippen LogP) is 4.53. The van der Waals surface area contributed by atoms with Gasteiger partial charge < -0.3 is 4.74 Å². The number of thiazole rings is 1. The highest BCUT2D eigenvalue weighted by molar-refractivity contribution is 7.22. The van der Waals surface area contributed by atoms with Crippen molar-refractivity contribution in [2.75, 3.05) is 12.0 Å². The van der Waals surface area contributed by atoms with Gasteiger partial charge in [0.05, 0.1) is 22.5 Å². The Bertz CT molecular complexity index is 760. The predicted molar refractivity (Wildman–Crippen MR) is 93.1 cm³/mol. The minimum Gasteiger partial charge on any atom is -0.494 e. The van der Waals surface area contributed by atoms with E-state index < -0.39 is 0 Å². The number of para-hydroxylation sites is 1. The van der Waals surface area contributed by atoms with E-state index >= 15 is 0 Å². The Morgan fingerprint density at radius 2 is 1.95 bits per heavy atom. The van der Waals surface area contributed by atoms with Gasteiger partial charge in [0.15, 0.2) is 0 Å². The molecule has 0 amide bonds. The summed E-state index contributed by atoms with van der Waals surface area (Å²) in [6.45, 7) is 4.62. The van der Waals surface area contributed by atoms with Gasteiger partial charge >= 0.3 is 0 Å². The molecule has 0 spiro atoms. The van der Waals surface area contributed by atoms with Crippen LogP contribution in [0.4, 0.5) is 5.13 Å². The van der Waals surface area contributed by atoms with Crippen molar-refractivity contribution in [1.29, 1.82) is 0 Å². The summed E-state index contributed by atoms with van der Waals surface area (Å²) in [5, 5.41) is 5.21.